The normalized spacial score (nSPS) is 14.7. The van der Waals surface area contributed by atoms with Gasteiger partial charge < -0.3 is 36.8 Å². The van der Waals surface area contributed by atoms with Crippen LogP contribution in [0.5, 0.6) is 0 Å². The minimum atomic E-state index is -0.941. The van der Waals surface area contributed by atoms with Crippen molar-refractivity contribution >= 4 is 51.6 Å². The van der Waals surface area contributed by atoms with Crippen molar-refractivity contribution in [3.05, 3.63) is 102 Å². The summed E-state index contributed by atoms with van der Waals surface area (Å²) in [5, 5.41) is 14.1. The smallest absolute Gasteiger partial charge is 0.319 e. The minimum Gasteiger partial charge on any atom is -0.371 e. The minimum absolute atomic E-state index is 0.0285. The van der Waals surface area contributed by atoms with Crippen molar-refractivity contribution in [3.63, 3.8) is 0 Å². The Balaban J connectivity index is 1.27. The number of urea groups is 1. The summed E-state index contributed by atoms with van der Waals surface area (Å²) < 4.78 is 0. The van der Waals surface area contributed by atoms with Gasteiger partial charge in [-0.1, -0.05) is 79.7 Å². The number of carbonyl (C=O) groups is 4. The van der Waals surface area contributed by atoms with Crippen molar-refractivity contribution in [3.8, 4) is 0 Å². The molecule has 0 radical (unpaired) electrons. The average Bonchev–Trinajstić information content (AvgIpc) is 3.46. The SMILES string of the molecule is CCCN(CCN(C)c1ccc(NC(=O)NC(Cc2ccc3ccccc3c2)C(N)=O)cc1NC(=O)CCCc1ccccc1)C(=O)C1CCCNCC1. The van der Waals surface area contributed by atoms with Crippen LogP contribution < -0.4 is 31.9 Å². The van der Waals surface area contributed by atoms with Gasteiger partial charge in [0.1, 0.15) is 6.04 Å². The molecule has 286 valence electrons. The van der Waals surface area contributed by atoms with Crippen LogP contribution in [-0.2, 0) is 27.2 Å². The van der Waals surface area contributed by atoms with Crippen LogP contribution in [0, 0.1) is 5.92 Å². The van der Waals surface area contributed by atoms with Gasteiger partial charge in [0.25, 0.3) is 0 Å². The molecule has 54 heavy (non-hydrogen) atoms. The molecule has 11 nitrogen and oxygen atoms in total. The number of nitrogens with one attached hydrogen (secondary N) is 4. The summed E-state index contributed by atoms with van der Waals surface area (Å²) in [6.07, 6.45) is 5.62. The van der Waals surface area contributed by atoms with Crippen LogP contribution in [0.25, 0.3) is 10.8 Å². The molecule has 0 aromatic heterocycles. The second-order valence-corrected chi connectivity index (χ2v) is 14.2. The molecule has 4 aromatic rings. The fourth-order valence-corrected chi connectivity index (χ4v) is 7.02. The van der Waals surface area contributed by atoms with E-state index in [4.69, 9.17) is 5.73 Å². The molecule has 1 aliphatic rings. The van der Waals surface area contributed by atoms with E-state index in [1.54, 1.807) is 12.1 Å². The zero-order chi connectivity index (χ0) is 38.3. The van der Waals surface area contributed by atoms with Crippen molar-refractivity contribution in [2.24, 2.45) is 11.7 Å². The Labute approximate surface area is 319 Å². The van der Waals surface area contributed by atoms with Crippen LogP contribution in [-0.4, -0.2) is 74.5 Å². The molecule has 6 N–H and O–H groups in total. The lowest BCUT2D eigenvalue weighted by Gasteiger charge is -2.30. The third-order valence-corrected chi connectivity index (χ3v) is 9.99. The Hall–Kier alpha value is -5.42. The van der Waals surface area contributed by atoms with Crippen LogP contribution in [0.15, 0.2) is 91.0 Å². The number of likely N-dealkylation sites (N-methyl/N-ethyl adjacent to an activating group) is 1. The van der Waals surface area contributed by atoms with Gasteiger partial charge >= 0.3 is 6.03 Å². The highest BCUT2D eigenvalue weighted by atomic mass is 16.2. The monoisotopic (exact) mass is 733 g/mol. The van der Waals surface area contributed by atoms with E-state index in [1.807, 2.05) is 83.6 Å². The topological polar surface area (TPSA) is 149 Å². The highest BCUT2D eigenvalue weighted by Crippen LogP contribution is 2.29. The molecule has 1 fully saturated rings. The van der Waals surface area contributed by atoms with Gasteiger partial charge in [-0.25, -0.2) is 4.79 Å². The van der Waals surface area contributed by atoms with Crippen molar-refractivity contribution in [1.82, 2.24) is 15.5 Å². The van der Waals surface area contributed by atoms with Crippen molar-refractivity contribution in [2.45, 2.75) is 64.3 Å². The highest BCUT2D eigenvalue weighted by molar-refractivity contribution is 5.98. The van der Waals surface area contributed by atoms with E-state index < -0.39 is 18.0 Å². The first-order valence-corrected chi connectivity index (χ1v) is 19.2. The lowest BCUT2D eigenvalue weighted by Crippen LogP contribution is -2.47. The van der Waals surface area contributed by atoms with Gasteiger partial charge in [-0.2, -0.15) is 0 Å². The predicted octanol–water partition coefficient (Wildman–Crippen LogP) is 6.08. The summed E-state index contributed by atoms with van der Waals surface area (Å²) in [6.45, 7) is 5.68. The van der Waals surface area contributed by atoms with E-state index in [2.05, 4.69) is 40.3 Å². The molecule has 0 aliphatic carbocycles. The summed E-state index contributed by atoms with van der Waals surface area (Å²) >= 11 is 0. The third kappa shape index (κ3) is 11.8. The van der Waals surface area contributed by atoms with Crippen molar-refractivity contribution < 1.29 is 19.2 Å². The number of nitrogens with zero attached hydrogens (tertiary/aromatic N) is 2. The Morgan fingerprint density at radius 1 is 0.833 bits per heavy atom. The fraction of sp³-hybridized carbons (Fsp3) is 0.395. The Morgan fingerprint density at radius 3 is 2.39 bits per heavy atom. The second kappa shape index (κ2) is 20.1. The zero-order valence-electron chi connectivity index (χ0n) is 31.6. The summed E-state index contributed by atoms with van der Waals surface area (Å²) in [7, 11) is 1.94. The van der Waals surface area contributed by atoms with E-state index in [0.29, 0.717) is 43.9 Å². The molecule has 2 unspecified atom stereocenters. The number of aryl methyl sites for hydroxylation is 1. The summed E-state index contributed by atoms with van der Waals surface area (Å²) in [6, 6.07) is 27.7. The number of anilines is 3. The molecule has 2 atom stereocenters. The number of hydrogen-bond donors (Lipinski definition) is 5. The molecule has 11 heteroatoms. The zero-order valence-corrected chi connectivity index (χ0v) is 31.6. The molecule has 0 spiro atoms. The quantitative estimate of drug-likeness (QED) is 0.0888. The summed E-state index contributed by atoms with van der Waals surface area (Å²) in [5.41, 5.74) is 9.48. The van der Waals surface area contributed by atoms with E-state index in [0.717, 1.165) is 67.2 Å². The Bertz CT molecular complexity index is 1860. The maximum Gasteiger partial charge on any atom is 0.319 e. The summed E-state index contributed by atoms with van der Waals surface area (Å²) in [4.78, 5) is 56.5. The van der Waals surface area contributed by atoms with Gasteiger partial charge in [-0.15, -0.1) is 0 Å². The average molecular weight is 734 g/mol. The van der Waals surface area contributed by atoms with E-state index >= 15 is 0 Å². The number of amides is 5. The number of benzene rings is 4. The predicted molar refractivity (Wildman–Crippen MR) is 218 cm³/mol. The van der Waals surface area contributed by atoms with Gasteiger partial charge in [0.05, 0.1) is 11.4 Å². The molecule has 0 bridgehead atoms. The largest absolute Gasteiger partial charge is 0.371 e. The number of carbonyl (C=O) groups excluding carboxylic acids is 4. The van der Waals surface area contributed by atoms with E-state index in [9.17, 15) is 19.2 Å². The van der Waals surface area contributed by atoms with Crippen molar-refractivity contribution in [1.29, 1.82) is 0 Å². The third-order valence-electron chi connectivity index (χ3n) is 9.99. The van der Waals surface area contributed by atoms with Gasteiger partial charge in [0.15, 0.2) is 0 Å². The molecule has 1 heterocycles. The van der Waals surface area contributed by atoms with Crippen molar-refractivity contribution in [2.75, 3.05) is 55.3 Å². The second-order valence-electron chi connectivity index (χ2n) is 14.2. The van der Waals surface area contributed by atoms with Crippen LogP contribution in [0.3, 0.4) is 0 Å². The van der Waals surface area contributed by atoms with E-state index in [1.165, 1.54) is 5.56 Å². The maximum absolute atomic E-state index is 13.6. The molecule has 5 rings (SSSR count). The Kier molecular flexibility index (Phi) is 14.8. The molecule has 0 saturated carbocycles. The van der Waals surface area contributed by atoms with Gasteiger partial charge in [0, 0.05) is 51.1 Å². The maximum atomic E-state index is 13.6. The first-order valence-electron chi connectivity index (χ1n) is 19.2. The lowest BCUT2D eigenvalue weighted by atomic mass is 9.99. The van der Waals surface area contributed by atoms with Gasteiger partial charge in [-0.3, -0.25) is 14.4 Å². The lowest BCUT2D eigenvalue weighted by molar-refractivity contribution is -0.135. The van der Waals surface area contributed by atoms with Gasteiger partial charge in [0.2, 0.25) is 17.7 Å². The number of rotatable bonds is 17. The molecule has 4 aromatic carbocycles. The van der Waals surface area contributed by atoms with Crippen LogP contribution >= 0.6 is 0 Å². The first kappa shape index (κ1) is 39.8. The van der Waals surface area contributed by atoms with Crippen LogP contribution in [0.4, 0.5) is 21.9 Å². The molecular weight excluding hydrogens is 679 g/mol. The number of hydrogen-bond acceptors (Lipinski definition) is 6. The van der Waals surface area contributed by atoms with E-state index in [-0.39, 0.29) is 24.2 Å². The standard InChI is InChI=1S/C43H55N7O4/c1-3-25-50(42(53)34-16-10-23-45-24-22-34)27-26-49(2)39-21-20-36(30-37(39)47-40(51)17-9-13-31-11-5-4-6-12-31)46-43(54)48-38(41(44)52)29-32-18-19-33-14-7-8-15-35(33)28-32/h4-8,11-12,14-15,18-21,28,30,34,38,45H,3,9-10,13,16-17,22-27,29H2,1-2H3,(H2,44,52)(H,47,51)(H2,46,48,54). The van der Waals surface area contributed by atoms with Gasteiger partial charge in [-0.05, 0) is 91.7 Å². The van der Waals surface area contributed by atoms with Crippen LogP contribution in [0.2, 0.25) is 0 Å². The highest BCUT2D eigenvalue weighted by Gasteiger charge is 2.25. The number of fused-ring (bicyclic) bond motifs is 1. The summed E-state index contributed by atoms with van der Waals surface area (Å²) in [5.74, 6) is -0.552. The molecule has 1 aliphatic heterocycles. The molecule has 1 saturated heterocycles. The Morgan fingerprint density at radius 2 is 1.61 bits per heavy atom. The molecular formula is C43H55N7O4. The number of primary amides is 1. The number of nitrogens with two attached hydrogens (primary N) is 1. The fourth-order valence-electron chi connectivity index (χ4n) is 7.02. The molecule has 5 amide bonds. The van der Waals surface area contributed by atoms with Crippen LogP contribution in [0.1, 0.15) is 56.6 Å². The first-order chi connectivity index (χ1) is 26.2.